The van der Waals surface area contributed by atoms with Gasteiger partial charge in [0.15, 0.2) is 5.03 Å². The zero-order chi connectivity index (χ0) is 22.2. The number of nitrogens with zero attached hydrogens (tertiary/aromatic N) is 1. The fourth-order valence-corrected chi connectivity index (χ4v) is 6.50. The maximum atomic E-state index is 13.2. The topological polar surface area (TPSA) is 108 Å². The van der Waals surface area contributed by atoms with Crippen LogP contribution in [-0.4, -0.2) is 47.9 Å². The number of hydrogen-bond acceptors (Lipinski definition) is 7. The molecule has 1 atom stereocenters. The van der Waals surface area contributed by atoms with E-state index in [4.69, 9.17) is 23.2 Å². The lowest BCUT2D eigenvalue weighted by Crippen LogP contribution is -2.43. The van der Waals surface area contributed by atoms with E-state index in [0.29, 0.717) is 33.9 Å². The van der Waals surface area contributed by atoms with Gasteiger partial charge in [0.2, 0.25) is 9.84 Å². The molecule has 7 nitrogen and oxygen atoms in total. The van der Waals surface area contributed by atoms with Crippen molar-refractivity contribution in [3.63, 3.8) is 0 Å². The molecule has 0 bridgehead atoms. The fraction of sp³-hybridized carbons (Fsp3) is 0.200. The van der Waals surface area contributed by atoms with Crippen LogP contribution < -0.4 is 10.6 Å². The molecule has 4 rings (SSSR count). The predicted molar refractivity (Wildman–Crippen MR) is 125 cm³/mol. The maximum Gasteiger partial charge on any atom is 0.337 e. The molecule has 2 aromatic carbocycles. The van der Waals surface area contributed by atoms with E-state index >= 15 is 0 Å². The Hall–Kier alpha value is -2.04. The number of carbonyl (C=O) groups is 1. The van der Waals surface area contributed by atoms with Crippen molar-refractivity contribution in [3.05, 3.63) is 58.1 Å². The Kier molecular flexibility index (Phi) is 6.32. The van der Waals surface area contributed by atoms with Crippen molar-refractivity contribution < 1.29 is 18.3 Å². The van der Waals surface area contributed by atoms with E-state index in [1.54, 1.807) is 36.0 Å². The van der Waals surface area contributed by atoms with Crippen molar-refractivity contribution >= 4 is 73.0 Å². The molecule has 2 heterocycles. The van der Waals surface area contributed by atoms with Crippen molar-refractivity contribution in [1.29, 1.82) is 0 Å². The molecule has 11 heteroatoms. The van der Waals surface area contributed by atoms with Crippen molar-refractivity contribution in [1.82, 2.24) is 10.3 Å². The van der Waals surface area contributed by atoms with E-state index in [1.165, 1.54) is 18.2 Å². The summed E-state index contributed by atoms with van der Waals surface area (Å²) < 4.78 is 26.4. The van der Waals surface area contributed by atoms with Crippen LogP contribution in [0, 0.1) is 0 Å². The van der Waals surface area contributed by atoms with Gasteiger partial charge in [-0.1, -0.05) is 23.2 Å². The number of sulfone groups is 1. The van der Waals surface area contributed by atoms with E-state index in [2.05, 4.69) is 15.6 Å². The quantitative estimate of drug-likeness (QED) is 0.475. The van der Waals surface area contributed by atoms with Crippen LogP contribution in [0.4, 0.5) is 11.4 Å². The number of fused-ring (bicyclic) bond motifs is 1. The number of hydrogen-bond donors (Lipinski definition) is 3. The first-order valence-electron chi connectivity index (χ1n) is 9.21. The number of thioether (sulfide) groups is 1. The number of aromatic carboxylic acids is 1. The normalized spacial score (nSPS) is 16.9. The van der Waals surface area contributed by atoms with E-state index < -0.39 is 21.2 Å². The van der Waals surface area contributed by atoms with Crippen molar-refractivity contribution in [2.75, 3.05) is 23.4 Å². The van der Waals surface area contributed by atoms with Gasteiger partial charge in [0.05, 0.1) is 22.5 Å². The minimum absolute atomic E-state index is 0.0470. The zero-order valence-corrected chi connectivity index (χ0v) is 19.1. The number of rotatable bonds is 5. The Morgan fingerprint density at radius 1 is 1.13 bits per heavy atom. The number of pyridine rings is 1. The van der Waals surface area contributed by atoms with E-state index in [1.807, 2.05) is 0 Å². The molecule has 0 radical (unpaired) electrons. The Bertz CT molecular complexity index is 1280. The van der Waals surface area contributed by atoms with Crippen LogP contribution in [0.1, 0.15) is 10.4 Å². The molecule has 1 unspecified atom stereocenters. The molecule has 0 aliphatic carbocycles. The van der Waals surface area contributed by atoms with Crippen LogP contribution in [0.3, 0.4) is 0 Å². The molecule has 3 N–H and O–H groups in total. The number of benzene rings is 2. The van der Waals surface area contributed by atoms with E-state index in [0.717, 1.165) is 5.75 Å². The molecular weight excluding hydrogens is 481 g/mol. The second kappa shape index (κ2) is 8.84. The summed E-state index contributed by atoms with van der Waals surface area (Å²) in [5, 5.41) is 16.0. The van der Waals surface area contributed by atoms with Crippen LogP contribution in [-0.2, 0) is 9.84 Å². The first-order chi connectivity index (χ1) is 14.8. The molecule has 0 amide bonds. The van der Waals surface area contributed by atoms with E-state index in [-0.39, 0.29) is 21.3 Å². The summed E-state index contributed by atoms with van der Waals surface area (Å²) in [6.07, 6.45) is 0. The monoisotopic (exact) mass is 497 g/mol. The van der Waals surface area contributed by atoms with Crippen LogP contribution in [0.5, 0.6) is 0 Å². The lowest BCUT2D eigenvalue weighted by Gasteiger charge is -2.23. The average molecular weight is 498 g/mol. The third-order valence-corrected chi connectivity index (χ3v) is 8.40. The Morgan fingerprint density at radius 3 is 2.58 bits per heavy atom. The second-order valence-corrected chi connectivity index (χ2v) is 11.0. The first-order valence-corrected chi connectivity index (χ1v) is 12.7. The molecular formula is C20H17Cl2N3O4S2. The molecule has 1 fully saturated rings. The number of anilines is 2. The summed E-state index contributed by atoms with van der Waals surface area (Å²) in [5.41, 5.74) is 1.01. The number of carboxylic acids is 1. The van der Waals surface area contributed by atoms with E-state index in [9.17, 15) is 18.3 Å². The molecule has 1 aliphatic rings. The molecule has 31 heavy (non-hydrogen) atoms. The Labute approximate surface area is 193 Å². The highest BCUT2D eigenvalue weighted by atomic mass is 35.5. The molecule has 3 aromatic rings. The van der Waals surface area contributed by atoms with Crippen LogP contribution in [0.2, 0.25) is 10.0 Å². The SMILES string of the molecule is O=C(O)c1cc(Cl)ccc1Nc1cc(S(=O)(=O)C2CSCCN2)nc2ccc(Cl)cc12. The highest BCUT2D eigenvalue weighted by Crippen LogP contribution is 2.33. The molecule has 162 valence electrons. The van der Waals surface area contributed by atoms with Crippen molar-refractivity contribution in [2.24, 2.45) is 0 Å². The van der Waals surface area contributed by atoms with Crippen LogP contribution in [0.15, 0.2) is 47.5 Å². The van der Waals surface area contributed by atoms with Gasteiger partial charge in [-0.2, -0.15) is 11.8 Å². The number of nitrogens with one attached hydrogen (secondary N) is 2. The summed E-state index contributed by atoms with van der Waals surface area (Å²) in [7, 11) is -3.77. The average Bonchev–Trinajstić information content (AvgIpc) is 2.75. The van der Waals surface area contributed by atoms with Gasteiger partial charge >= 0.3 is 5.97 Å². The Morgan fingerprint density at radius 2 is 1.87 bits per heavy atom. The van der Waals surface area contributed by atoms with Crippen LogP contribution in [0.25, 0.3) is 10.9 Å². The summed E-state index contributed by atoms with van der Waals surface area (Å²) in [6, 6.07) is 10.7. The molecule has 1 saturated heterocycles. The molecule has 1 aliphatic heterocycles. The van der Waals surface area contributed by atoms with Gasteiger partial charge in [0.1, 0.15) is 5.37 Å². The summed E-state index contributed by atoms with van der Waals surface area (Å²) >= 11 is 13.7. The third-order valence-electron chi connectivity index (χ3n) is 4.78. The first kappa shape index (κ1) is 22.2. The molecule has 1 aromatic heterocycles. The second-order valence-electron chi connectivity index (χ2n) is 6.85. The number of aromatic nitrogens is 1. The minimum atomic E-state index is -3.77. The summed E-state index contributed by atoms with van der Waals surface area (Å²) in [6.45, 7) is 0.593. The largest absolute Gasteiger partial charge is 0.478 e. The lowest BCUT2D eigenvalue weighted by atomic mass is 10.1. The molecule has 0 spiro atoms. The van der Waals surface area contributed by atoms with Crippen molar-refractivity contribution in [3.8, 4) is 0 Å². The highest BCUT2D eigenvalue weighted by molar-refractivity contribution is 8.01. The van der Waals surface area contributed by atoms with Gasteiger partial charge in [-0.3, -0.25) is 5.32 Å². The van der Waals surface area contributed by atoms with Gasteiger partial charge in [-0.05, 0) is 42.5 Å². The van der Waals surface area contributed by atoms with Gasteiger partial charge in [-0.25, -0.2) is 18.2 Å². The number of carboxylic acid groups (broad SMARTS) is 1. The highest BCUT2D eigenvalue weighted by Gasteiger charge is 2.31. The van der Waals surface area contributed by atoms with Gasteiger partial charge in [-0.15, -0.1) is 0 Å². The lowest BCUT2D eigenvalue weighted by molar-refractivity contribution is 0.0698. The summed E-state index contributed by atoms with van der Waals surface area (Å²) in [5.74, 6) is 0.0978. The van der Waals surface area contributed by atoms with Crippen molar-refractivity contribution in [2.45, 2.75) is 10.4 Å². The minimum Gasteiger partial charge on any atom is -0.478 e. The Balaban J connectivity index is 1.86. The summed E-state index contributed by atoms with van der Waals surface area (Å²) in [4.78, 5) is 16.0. The standard InChI is InChI=1S/C20H17Cl2N3O4S2/c21-11-1-3-15-13(7-11)17(24-16-4-2-12(22)8-14(16)20(26)27)9-18(25-15)31(28,29)19-10-30-6-5-23-19/h1-4,7-9,19,23H,5-6,10H2,(H,24,25)(H,26,27). The fourth-order valence-electron chi connectivity index (χ4n) is 3.26. The number of halogens is 2. The zero-order valence-electron chi connectivity index (χ0n) is 15.9. The molecule has 0 saturated carbocycles. The van der Waals surface area contributed by atoms with Crippen LogP contribution >= 0.6 is 35.0 Å². The predicted octanol–water partition coefficient (Wildman–Crippen LogP) is 4.42. The third kappa shape index (κ3) is 4.61. The van der Waals surface area contributed by atoms with Gasteiger partial charge < -0.3 is 10.4 Å². The van der Waals surface area contributed by atoms with Gasteiger partial charge in [0.25, 0.3) is 0 Å². The maximum absolute atomic E-state index is 13.2. The van der Waals surface area contributed by atoms with Gasteiger partial charge in [0, 0.05) is 33.5 Å². The smallest absolute Gasteiger partial charge is 0.337 e.